The Labute approximate surface area is 113 Å². The number of hydrazine groups is 1. The number of anilines is 3. The highest BCUT2D eigenvalue weighted by atomic mass is 15.3. The fourth-order valence-corrected chi connectivity index (χ4v) is 1.97. The van der Waals surface area contributed by atoms with Crippen LogP contribution in [0.3, 0.4) is 0 Å². The molecule has 1 aromatic carbocycles. The van der Waals surface area contributed by atoms with Gasteiger partial charge in [0.05, 0.1) is 0 Å². The maximum absolute atomic E-state index is 5.43. The lowest BCUT2D eigenvalue weighted by molar-refractivity contribution is 0.949. The van der Waals surface area contributed by atoms with E-state index in [2.05, 4.69) is 58.4 Å². The summed E-state index contributed by atoms with van der Waals surface area (Å²) < 4.78 is 0. The number of nitrogens with zero attached hydrogens (tertiary/aromatic N) is 3. The summed E-state index contributed by atoms with van der Waals surface area (Å²) in [5.41, 5.74) is 4.91. The summed E-state index contributed by atoms with van der Waals surface area (Å²) in [4.78, 5) is 10.8. The molecule has 0 radical (unpaired) electrons. The molecule has 2 aromatic rings. The second-order valence-electron chi connectivity index (χ2n) is 4.38. The highest BCUT2D eigenvalue weighted by Crippen LogP contribution is 2.25. The first-order valence-corrected chi connectivity index (χ1v) is 6.30. The normalized spacial score (nSPS) is 10.3. The first-order chi connectivity index (χ1) is 9.13. The van der Waals surface area contributed by atoms with Crippen LogP contribution in [-0.4, -0.2) is 16.5 Å². The molecule has 0 aliphatic heterocycles. The standard InChI is InChI=1S/C14H19N5/c1-4-19(12-7-5-10(2)6-8-12)14-9-13(18-15)16-11(3)17-14/h5-9H,4,15H2,1-3H3,(H,16,17,18). The van der Waals surface area contributed by atoms with Gasteiger partial charge in [-0.2, -0.15) is 0 Å². The molecule has 100 valence electrons. The molecule has 19 heavy (non-hydrogen) atoms. The molecule has 0 aliphatic rings. The van der Waals surface area contributed by atoms with Gasteiger partial charge in [-0.3, -0.25) is 0 Å². The van der Waals surface area contributed by atoms with Gasteiger partial charge in [0.15, 0.2) is 0 Å². The Morgan fingerprint density at radius 2 is 1.84 bits per heavy atom. The first kappa shape index (κ1) is 13.3. The number of aryl methyl sites for hydroxylation is 2. The zero-order chi connectivity index (χ0) is 13.8. The third-order valence-electron chi connectivity index (χ3n) is 2.91. The lowest BCUT2D eigenvalue weighted by Gasteiger charge is -2.23. The minimum absolute atomic E-state index is 0.619. The van der Waals surface area contributed by atoms with E-state index in [-0.39, 0.29) is 0 Å². The van der Waals surface area contributed by atoms with Crippen molar-refractivity contribution in [3.8, 4) is 0 Å². The molecule has 0 aliphatic carbocycles. The minimum Gasteiger partial charge on any atom is -0.326 e. The van der Waals surface area contributed by atoms with E-state index in [0.717, 1.165) is 18.1 Å². The van der Waals surface area contributed by atoms with E-state index in [9.17, 15) is 0 Å². The maximum atomic E-state index is 5.43. The average molecular weight is 257 g/mol. The Morgan fingerprint density at radius 1 is 1.16 bits per heavy atom. The van der Waals surface area contributed by atoms with Crippen molar-refractivity contribution < 1.29 is 0 Å². The molecule has 0 saturated carbocycles. The van der Waals surface area contributed by atoms with Gasteiger partial charge in [-0.25, -0.2) is 15.8 Å². The highest BCUT2D eigenvalue weighted by Gasteiger charge is 2.10. The van der Waals surface area contributed by atoms with E-state index in [1.807, 2.05) is 13.0 Å². The zero-order valence-corrected chi connectivity index (χ0v) is 11.5. The molecule has 0 saturated heterocycles. The zero-order valence-electron chi connectivity index (χ0n) is 11.5. The smallest absolute Gasteiger partial charge is 0.145 e. The molecule has 0 fully saturated rings. The van der Waals surface area contributed by atoms with Gasteiger partial charge in [0.25, 0.3) is 0 Å². The summed E-state index contributed by atoms with van der Waals surface area (Å²) in [7, 11) is 0. The van der Waals surface area contributed by atoms with Gasteiger partial charge in [-0.1, -0.05) is 17.7 Å². The average Bonchev–Trinajstić information content (AvgIpc) is 2.41. The summed E-state index contributed by atoms with van der Waals surface area (Å²) in [6, 6.07) is 10.2. The number of nitrogen functional groups attached to an aromatic ring is 1. The summed E-state index contributed by atoms with van der Waals surface area (Å²) in [5, 5.41) is 0. The van der Waals surface area contributed by atoms with Crippen molar-refractivity contribution in [2.24, 2.45) is 5.84 Å². The van der Waals surface area contributed by atoms with Gasteiger partial charge in [0.2, 0.25) is 0 Å². The molecule has 3 N–H and O–H groups in total. The van der Waals surface area contributed by atoms with E-state index < -0.39 is 0 Å². The SMILES string of the molecule is CCN(c1ccc(C)cc1)c1cc(NN)nc(C)n1. The third-order valence-corrected chi connectivity index (χ3v) is 2.91. The van der Waals surface area contributed by atoms with Gasteiger partial charge in [-0.05, 0) is 32.9 Å². The van der Waals surface area contributed by atoms with Crippen LogP contribution < -0.4 is 16.2 Å². The molecule has 0 unspecified atom stereocenters. The lowest BCUT2D eigenvalue weighted by Crippen LogP contribution is -2.19. The van der Waals surface area contributed by atoms with E-state index >= 15 is 0 Å². The molecular formula is C14H19N5. The molecule has 0 bridgehead atoms. The fraction of sp³-hybridized carbons (Fsp3) is 0.286. The molecule has 0 amide bonds. The van der Waals surface area contributed by atoms with E-state index in [0.29, 0.717) is 11.6 Å². The minimum atomic E-state index is 0.619. The second kappa shape index (κ2) is 5.67. The quantitative estimate of drug-likeness (QED) is 0.651. The third kappa shape index (κ3) is 3.00. The van der Waals surface area contributed by atoms with Crippen molar-refractivity contribution in [3.63, 3.8) is 0 Å². The lowest BCUT2D eigenvalue weighted by atomic mass is 10.2. The Hall–Kier alpha value is -2.14. The number of rotatable bonds is 4. The topological polar surface area (TPSA) is 67.1 Å². The Bertz CT molecular complexity index is 550. The number of hydrogen-bond donors (Lipinski definition) is 2. The molecule has 2 rings (SSSR count). The van der Waals surface area contributed by atoms with Crippen molar-refractivity contribution in [2.75, 3.05) is 16.9 Å². The monoisotopic (exact) mass is 257 g/mol. The van der Waals surface area contributed by atoms with Crippen LogP contribution in [0.25, 0.3) is 0 Å². The van der Waals surface area contributed by atoms with Crippen LogP contribution >= 0.6 is 0 Å². The van der Waals surface area contributed by atoms with Gasteiger partial charge >= 0.3 is 0 Å². The Kier molecular flexibility index (Phi) is 3.97. The highest BCUT2D eigenvalue weighted by molar-refractivity contribution is 5.62. The first-order valence-electron chi connectivity index (χ1n) is 6.30. The van der Waals surface area contributed by atoms with Crippen LogP contribution in [0.1, 0.15) is 18.3 Å². The number of nitrogens with two attached hydrogens (primary N) is 1. The molecule has 5 nitrogen and oxygen atoms in total. The summed E-state index contributed by atoms with van der Waals surface area (Å²) >= 11 is 0. The summed E-state index contributed by atoms with van der Waals surface area (Å²) in [5.74, 6) is 7.58. The van der Waals surface area contributed by atoms with Gasteiger partial charge in [-0.15, -0.1) is 0 Å². The van der Waals surface area contributed by atoms with Gasteiger partial charge in [0, 0.05) is 18.3 Å². The molecular weight excluding hydrogens is 238 g/mol. The molecule has 5 heteroatoms. The van der Waals surface area contributed by atoms with Gasteiger partial charge in [0.1, 0.15) is 17.5 Å². The van der Waals surface area contributed by atoms with E-state index in [4.69, 9.17) is 5.84 Å². The van der Waals surface area contributed by atoms with Crippen LogP contribution in [0.5, 0.6) is 0 Å². The number of benzene rings is 1. The van der Waals surface area contributed by atoms with Crippen LogP contribution in [0, 0.1) is 13.8 Å². The van der Waals surface area contributed by atoms with E-state index in [1.54, 1.807) is 0 Å². The largest absolute Gasteiger partial charge is 0.326 e. The van der Waals surface area contributed by atoms with Crippen LogP contribution in [-0.2, 0) is 0 Å². The van der Waals surface area contributed by atoms with Crippen molar-refractivity contribution in [1.82, 2.24) is 9.97 Å². The Morgan fingerprint density at radius 3 is 2.42 bits per heavy atom. The van der Waals surface area contributed by atoms with Gasteiger partial charge < -0.3 is 10.3 Å². The predicted molar refractivity (Wildman–Crippen MR) is 78.4 cm³/mol. The summed E-state index contributed by atoms with van der Waals surface area (Å²) in [6.45, 7) is 6.84. The molecule has 1 aromatic heterocycles. The maximum Gasteiger partial charge on any atom is 0.145 e. The summed E-state index contributed by atoms with van der Waals surface area (Å²) in [6.07, 6.45) is 0. The molecule has 0 atom stereocenters. The van der Waals surface area contributed by atoms with Crippen molar-refractivity contribution in [1.29, 1.82) is 0 Å². The Balaban J connectivity index is 2.41. The van der Waals surface area contributed by atoms with E-state index in [1.165, 1.54) is 5.56 Å². The number of aromatic nitrogens is 2. The predicted octanol–water partition coefficient (Wildman–Crippen LogP) is 2.54. The molecule has 1 heterocycles. The van der Waals surface area contributed by atoms with Crippen LogP contribution in [0.4, 0.5) is 17.3 Å². The fourth-order valence-electron chi connectivity index (χ4n) is 1.97. The number of nitrogens with one attached hydrogen (secondary N) is 1. The van der Waals surface area contributed by atoms with Crippen LogP contribution in [0.15, 0.2) is 30.3 Å². The van der Waals surface area contributed by atoms with Crippen LogP contribution in [0.2, 0.25) is 0 Å². The van der Waals surface area contributed by atoms with Crippen molar-refractivity contribution in [2.45, 2.75) is 20.8 Å². The number of hydrogen-bond acceptors (Lipinski definition) is 5. The van der Waals surface area contributed by atoms with Crippen molar-refractivity contribution in [3.05, 3.63) is 41.7 Å². The molecule has 0 spiro atoms. The van der Waals surface area contributed by atoms with Crippen molar-refractivity contribution >= 4 is 17.3 Å². The second-order valence-corrected chi connectivity index (χ2v) is 4.38.